The summed E-state index contributed by atoms with van der Waals surface area (Å²) < 4.78 is 0. The molecule has 0 aliphatic rings. The van der Waals surface area contributed by atoms with E-state index >= 15 is 0 Å². The molecule has 0 aliphatic heterocycles. The summed E-state index contributed by atoms with van der Waals surface area (Å²) in [6, 6.07) is 10.4. The molecule has 2 rings (SSSR count). The minimum Gasteiger partial charge on any atom is -0.481 e. The second-order valence-corrected chi connectivity index (χ2v) is 12.4. The number of hydrogen-bond acceptors (Lipinski definition) is 8. The molecular formula is C31H39Cl2N3O7S. The quantitative estimate of drug-likeness (QED) is 0.128. The van der Waals surface area contributed by atoms with E-state index < -0.39 is 41.6 Å². The molecule has 0 spiro atoms. The van der Waals surface area contributed by atoms with Gasteiger partial charge in [-0.1, -0.05) is 71.7 Å². The van der Waals surface area contributed by atoms with Crippen molar-refractivity contribution in [1.82, 2.24) is 5.32 Å². The molecule has 7 N–H and O–H groups in total. The van der Waals surface area contributed by atoms with Crippen molar-refractivity contribution in [3.63, 3.8) is 0 Å². The molecule has 0 aromatic heterocycles. The predicted molar refractivity (Wildman–Crippen MR) is 172 cm³/mol. The Morgan fingerprint density at radius 2 is 1.52 bits per heavy atom. The van der Waals surface area contributed by atoms with Crippen molar-refractivity contribution in [3.8, 4) is 0 Å². The van der Waals surface area contributed by atoms with Gasteiger partial charge in [-0.3, -0.25) is 24.0 Å². The van der Waals surface area contributed by atoms with Gasteiger partial charge < -0.3 is 27.0 Å². The number of Topliss-reactive ketones (excluding diaryl/α,β-unsaturated/α-hetero) is 1. The molecule has 2 aromatic rings. The van der Waals surface area contributed by atoms with Gasteiger partial charge in [0.2, 0.25) is 5.91 Å². The fourth-order valence-electron chi connectivity index (χ4n) is 4.51. The van der Waals surface area contributed by atoms with Crippen molar-refractivity contribution >= 4 is 63.7 Å². The zero-order valence-electron chi connectivity index (χ0n) is 24.3. The monoisotopic (exact) mass is 667 g/mol. The minimum absolute atomic E-state index is 0.0813. The van der Waals surface area contributed by atoms with Gasteiger partial charge in [0.15, 0.2) is 10.9 Å². The van der Waals surface area contributed by atoms with Crippen molar-refractivity contribution < 1.29 is 34.2 Å². The first-order valence-electron chi connectivity index (χ1n) is 14.3. The summed E-state index contributed by atoms with van der Waals surface area (Å²) in [7, 11) is 0. The van der Waals surface area contributed by atoms with Gasteiger partial charge in [0, 0.05) is 41.5 Å². The molecule has 240 valence electrons. The molecule has 0 fully saturated rings. The molecule has 0 bridgehead atoms. The fraction of sp³-hybridized carbons (Fsp3) is 0.452. The topological polar surface area (TPSA) is 190 Å². The number of carboxylic acid groups (broad SMARTS) is 2. The van der Waals surface area contributed by atoms with Gasteiger partial charge in [0.1, 0.15) is 6.04 Å². The van der Waals surface area contributed by atoms with Gasteiger partial charge in [-0.25, -0.2) is 0 Å². The molecule has 13 heteroatoms. The lowest BCUT2D eigenvalue weighted by molar-refractivity contribution is -0.144. The lowest BCUT2D eigenvalue weighted by atomic mass is 9.92. The lowest BCUT2D eigenvalue weighted by Gasteiger charge is -2.20. The largest absolute Gasteiger partial charge is 0.481 e. The van der Waals surface area contributed by atoms with Crippen LogP contribution in [0.15, 0.2) is 42.5 Å². The molecule has 0 aliphatic carbocycles. The first kappa shape index (κ1) is 37.2. The van der Waals surface area contributed by atoms with Crippen LogP contribution in [-0.2, 0) is 36.8 Å². The van der Waals surface area contributed by atoms with E-state index in [1.54, 1.807) is 18.2 Å². The highest BCUT2D eigenvalue weighted by atomic mass is 35.5. The van der Waals surface area contributed by atoms with Gasteiger partial charge in [0.25, 0.3) is 0 Å². The van der Waals surface area contributed by atoms with Crippen LogP contribution in [0.3, 0.4) is 0 Å². The van der Waals surface area contributed by atoms with Crippen LogP contribution in [0.5, 0.6) is 0 Å². The number of nitrogens with two attached hydrogens (primary N) is 2. The number of amides is 1. The smallest absolute Gasteiger partial charge is 0.320 e. The summed E-state index contributed by atoms with van der Waals surface area (Å²) in [5, 5.41) is 22.1. The third kappa shape index (κ3) is 13.0. The molecule has 0 saturated carbocycles. The molecule has 0 heterocycles. The highest BCUT2D eigenvalue weighted by molar-refractivity contribution is 8.13. The van der Waals surface area contributed by atoms with E-state index in [0.717, 1.165) is 28.5 Å². The summed E-state index contributed by atoms with van der Waals surface area (Å²) in [4.78, 5) is 61.5. The average Bonchev–Trinajstić information content (AvgIpc) is 2.97. The minimum atomic E-state index is -1.25. The third-order valence-electron chi connectivity index (χ3n) is 7.08. The van der Waals surface area contributed by atoms with Crippen LogP contribution < -0.4 is 16.8 Å². The number of carbonyl (C=O) groups is 5. The SMILES string of the molecule is NCCCCC(CC(=O)C(CCSC(=O)Cc1ccccc1Cc1c(Cl)cccc1Cl)NC(=O)CCC(N)C(=O)O)C(=O)O. The Bertz CT molecular complexity index is 1290. The lowest BCUT2D eigenvalue weighted by Crippen LogP contribution is -2.43. The van der Waals surface area contributed by atoms with Crippen molar-refractivity contribution in [1.29, 1.82) is 0 Å². The van der Waals surface area contributed by atoms with E-state index in [9.17, 15) is 29.1 Å². The maximum Gasteiger partial charge on any atom is 0.320 e. The molecule has 3 unspecified atom stereocenters. The van der Waals surface area contributed by atoms with Gasteiger partial charge >= 0.3 is 11.9 Å². The van der Waals surface area contributed by atoms with Crippen LogP contribution in [-0.4, -0.2) is 63.3 Å². The van der Waals surface area contributed by atoms with E-state index in [4.69, 9.17) is 39.8 Å². The van der Waals surface area contributed by atoms with Crippen molar-refractivity contribution in [2.45, 2.75) is 69.9 Å². The number of unbranched alkanes of at least 4 members (excludes halogenated alkanes) is 1. The van der Waals surface area contributed by atoms with Crippen LogP contribution in [0.1, 0.15) is 61.6 Å². The van der Waals surface area contributed by atoms with Crippen LogP contribution in [0, 0.1) is 5.92 Å². The third-order valence-corrected chi connectivity index (χ3v) is 8.69. The number of nitrogens with one attached hydrogen (secondary N) is 1. The van der Waals surface area contributed by atoms with E-state index in [0.29, 0.717) is 35.9 Å². The Morgan fingerprint density at radius 3 is 2.14 bits per heavy atom. The Morgan fingerprint density at radius 1 is 0.864 bits per heavy atom. The summed E-state index contributed by atoms with van der Waals surface area (Å²) in [5.41, 5.74) is 13.4. The molecular weight excluding hydrogens is 629 g/mol. The maximum absolute atomic E-state index is 13.2. The maximum atomic E-state index is 13.2. The Hall–Kier alpha value is -2.96. The summed E-state index contributed by atoms with van der Waals surface area (Å²) >= 11 is 13.7. The molecule has 10 nitrogen and oxygen atoms in total. The van der Waals surface area contributed by atoms with Gasteiger partial charge in [0.05, 0.1) is 12.0 Å². The second-order valence-electron chi connectivity index (χ2n) is 10.4. The van der Waals surface area contributed by atoms with Crippen LogP contribution in [0.4, 0.5) is 0 Å². The highest BCUT2D eigenvalue weighted by Gasteiger charge is 2.28. The second kappa shape index (κ2) is 19.4. The number of carboxylic acids is 2. The van der Waals surface area contributed by atoms with Crippen LogP contribution >= 0.6 is 35.0 Å². The van der Waals surface area contributed by atoms with Gasteiger partial charge in [-0.15, -0.1) is 0 Å². The molecule has 0 radical (unpaired) electrons. The zero-order chi connectivity index (χ0) is 32.6. The molecule has 44 heavy (non-hydrogen) atoms. The number of carbonyl (C=O) groups excluding carboxylic acids is 3. The molecule has 3 atom stereocenters. The number of hydrogen-bond donors (Lipinski definition) is 5. The highest BCUT2D eigenvalue weighted by Crippen LogP contribution is 2.28. The average molecular weight is 669 g/mol. The Kier molecular flexibility index (Phi) is 16.4. The number of benzene rings is 2. The number of halogens is 2. The van der Waals surface area contributed by atoms with Crippen LogP contribution in [0.2, 0.25) is 10.0 Å². The standard InChI is InChI=1S/C31H39Cl2N3O7S/c32-23-9-5-10-24(33)22(23)16-19-6-1-2-7-20(19)18-29(39)44-15-13-26(36-28(38)12-11-25(35)31(42)43)27(37)17-21(30(40)41)8-3-4-14-34/h1-2,5-7,9-10,21,25-26H,3-4,8,11-18,34-35H2,(H,36,38)(H,40,41)(H,42,43). The predicted octanol–water partition coefficient (Wildman–Crippen LogP) is 4.24. The number of ketones is 1. The van der Waals surface area contributed by atoms with E-state index in [2.05, 4.69) is 5.32 Å². The van der Waals surface area contributed by atoms with Crippen molar-refractivity contribution in [2.75, 3.05) is 12.3 Å². The molecule has 0 saturated heterocycles. The zero-order valence-corrected chi connectivity index (χ0v) is 26.6. The van der Waals surface area contributed by atoms with E-state index in [1.807, 2.05) is 24.3 Å². The van der Waals surface area contributed by atoms with Crippen LogP contribution in [0.25, 0.3) is 0 Å². The Balaban J connectivity index is 2.06. The first-order valence-corrected chi connectivity index (χ1v) is 16.1. The summed E-state index contributed by atoms with van der Waals surface area (Å²) in [6.45, 7) is 0.404. The Labute approximate surface area is 271 Å². The fourth-order valence-corrected chi connectivity index (χ4v) is 5.88. The van der Waals surface area contributed by atoms with E-state index in [1.165, 1.54) is 0 Å². The summed E-state index contributed by atoms with van der Waals surface area (Å²) in [5.74, 6) is -4.18. The molecule has 2 aromatic carbocycles. The first-order chi connectivity index (χ1) is 20.9. The number of thioether (sulfide) groups is 1. The number of rotatable bonds is 20. The normalized spacial score (nSPS) is 13.1. The number of aliphatic carboxylic acids is 2. The van der Waals surface area contributed by atoms with Crippen molar-refractivity contribution in [3.05, 3.63) is 69.2 Å². The van der Waals surface area contributed by atoms with E-state index in [-0.39, 0.29) is 49.4 Å². The van der Waals surface area contributed by atoms with Gasteiger partial charge in [-0.2, -0.15) is 0 Å². The molecule has 1 amide bonds. The van der Waals surface area contributed by atoms with Crippen molar-refractivity contribution in [2.24, 2.45) is 17.4 Å². The van der Waals surface area contributed by atoms with Gasteiger partial charge in [-0.05, 0) is 61.1 Å². The summed E-state index contributed by atoms with van der Waals surface area (Å²) in [6.07, 6.45) is 1.40.